The van der Waals surface area contributed by atoms with E-state index in [1.807, 2.05) is 18.3 Å². The van der Waals surface area contributed by atoms with E-state index in [1.165, 1.54) is 29.2 Å². The van der Waals surface area contributed by atoms with Gasteiger partial charge in [0, 0.05) is 54.3 Å². The standard InChI is InChI=1S/C18H21N3O2.C15H17ClO2.CH4/c1-10(22)20-17-19-9-13(21-17)16-15(18(16,2)3)12-5-4-6-14-11(12)7-8-23-14;1-15(2)13(14(15)11(17)8-16)10-4-3-5-12-9(10)6-7-18-12;/h4-6,9,15-16H,7-8H2,1-3H3,(H2,19,20,21,22);3-5,13-14H,6-8H2,1-2H3;1H4/t15-,16-;13-,14-;/m11./s1. The second-order valence-electron chi connectivity index (χ2n) is 12.9. The van der Waals surface area contributed by atoms with Gasteiger partial charge in [-0.05, 0) is 40.0 Å². The van der Waals surface area contributed by atoms with Crippen molar-refractivity contribution in [2.45, 2.75) is 72.6 Å². The van der Waals surface area contributed by atoms with Crippen LogP contribution >= 0.6 is 11.6 Å². The van der Waals surface area contributed by atoms with Crippen molar-refractivity contribution in [2.24, 2.45) is 16.7 Å². The molecular weight excluding hydrogens is 550 g/mol. The molecule has 7 rings (SSSR count). The van der Waals surface area contributed by atoms with Crippen LogP contribution in [0.4, 0.5) is 5.95 Å². The van der Waals surface area contributed by atoms with Crippen molar-refractivity contribution in [3.05, 3.63) is 70.5 Å². The molecule has 4 atom stereocenters. The zero-order valence-corrected chi connectivity index (χ0v) is 25.1. The number of nitrogens with one attached hydrogen (secondary N) is 2. The predicted molar refractivity (Wildman–Crippen MR) is 166 cm³/mol. The minimum atomic E-state index is -0.115. The molecule has 2 N–H and O–H groups in total. The molecule has 224 valence electrons. The summed E-state index contributed by atoms with van der Waals surface area (Å²) >= 11 is 5.71. The number of fused-ring (bicyclic) bond motifs is 2. The summed E-state index contributed by atoms with van der Waals surface area (Å²) < 4.78 is 11.3. The van der Waals surface area contributed by atoms with E-state index in [9.17, 15) is 9.59 Å². The number of hydrogen-bond donors (Lipinski definition) is 2. The number of carbonyl (C=O) groups excluding carboxylic acids is 2. The summed E-state index contributed by atoms with van der Waals surface area (Å²) in [6.07, 6.45) is 3.79. The first-order valence-corrected chi connectivity index (χ1v) is 15.0. The normalized spacial score (nSPS) is 24.9. The SMILES string of the molecule is C.CC(=O)Nc1ncc([C@@H]2[C@@H](c3cccc4c3CCO4)C2(C)C)[nH]1.CC1(C)[C@H](C(=O)CCl)[C@H]1c1cccc2c1CCO2. The van der Waals surface area contributed by atoms with E-state index >= 15 is 0 Å². The Balaban J connectivity index is 0.000000169. The number of amides is 1. The number of halogens is 1. The molecule has 2 fully saturated rings. The molecule has 3 heterocycles. The van der Waals surface area contributed by atoms with Crippen molar-refractivity contribution in [3.63, 3.8) is 0 Å². The highest BCUT2D eigenvalue weighted by Gasteiger charge is 2.62. The number of nitrogens with zero attached hydrogens (tertiary/aromatic N) is 1. The van der Waals surface area contributed by atoms with E-state index in [2.05, 4.69) is 67.2 Å². The van der Waals surface area contributed by atoms with Crippen molar-refractivity contribution in [1.82, 2.24) is 9.97 Å². The van der Waals surface area contributed by atoms with Gasteiger partial charge in [-0.1, -0.05) is 59.4 Å². The molecule has 0 saturated heterocycles. The fourth-order valence-electron chi connectivity index (χ4n) is 7.50. The average Bonchev–Trinajstić information content (AvgIpc) is 3.41. The van der Waals surface area contributed by atoms with Gasteiger partial charge in [0.25, 0.3) is 0 Å². The fraction of sp³-hybridized carbons (Fsp3) is 0.500. The number of ketones is 1. The molecule has 1 amide bonds. The number of Topliss-reactive ketones (excluding diaryl/α,β-unsaturated/α-hetero) is 1. The van der Waals surface area contributed by atoms with E-state index in [-0.39, 0.29) is 41.7 Å². The van der Waals surface area contributed by atoms with Crippen molar-refractivity contribution in [1.29, 1.82) is 0 Å². The minimum Gasteiger partial charge on any atom is -0.493 e. The Labute approximate surface area is 253 Å². The van der Waals surface area contributed by atoms with Crippen LogP contribution in [0, 0.1) is 16.7 Å². The Morgan fingerprint density at radius 1 is 0.929 bits per heavy atom. The van der Waals surface area contributed by atoms with Gasteiger partial charge in [-0.2, -0.15) is 0 Å². The number of anilines is 1. The van der Waals surface area contributed by atoms with E-state index in [1.54, 1.807) is 0 Å². The summed E-state index contributed by atoms with van der Waals surface area (Å²) in [7, 11) is 0. The Bertz CT molecular complexity index is 1510. The summed E-state index contributed by atoms with van der Waals surface area (Å²) in [5, 5.41) is 2.71. The number of hydrogen-bond acceptors (Lipinski definition) is 5. The zero-order valence-electron chi connectivity index (χ0n) is 24.3. The molecule has 1 aromatic heterocycles. The first kappa shape index (κ1) is 30.1. The molecule has 2 aliphatic heterocycles. The topological polar surface area (TPSA) is 93.3 Å². The van der Waals surface area contributed by atoms with Gasteiger partial charge in [-0.25, -0.2) is 4.98 Å². The molecule has 2 aromatic carbocycles. The quantitative estimate of drug-likeness (QED) is 0.301. The molecular formula is C34H42ClN3O4. The number of alkyl halides is 1. The van der Waals surface area contributed by atoms with Gasteiger partial charge < -0.3 is 14.5 Å². The number of benzene rings is 2. The number of aromatic nitrogens is 2. The summed E-state index contributed by atoms with van der Waals surface area (Å²) in [5.41, 5.74) is 6.61. The highest BCUT2D eigenvalue weighted by Crippen LogP contribution is 2.70. The lowest BCUT2D eigenvalue weighted by Crippen LogP contribution is -2.07. The van der Waals surface area contributed by atoms with Crippen molar-refractivity contribution < 1.29 is 19.1 Å². The third kappa shape index (κ3) is 5.10. The van der Waals surface area contributed by atoms with Gasteiger partial charge in [0.05, 0.1) is 25.3 Å². The smallest absolute Gasteiger partial charge is 0.223 e. The number of ether oxygens (including phenoxy) is 2. The lowest BCUT2D eigenvalue weighted by molar-refractivity contribution is -0.118. The lowest BCUT2D eigenvalue weighted by Gasteiger charge is -2.08. The van der Waals surface area contributed by atoms with Crippen LogP contribution in [0.5, 0.6) is 11.5 Å². The summed E-state index contributed by atoms with van der Waals surface area (Å²) in [5.74, 6) is 3.93. The van der Waals surface area contributed by atoms with Gasteiger partial charge in [-0.15, -0.1) is 11.6 Å². The van der Waals surface area contributed by atoms with Crippen LogP contribution in [-0.2, 0) is 22.4 Å². The number of imidazole rings is 1. The van der Waals surface area contributed by atoms with Crippen LogP contribution in [0.1, 0.15) is 87.7 Å². The maximum atomic E-state index is 11.9. The highest BCUT2D eigenvalue weighted by atomic mass is 35.5. The van der Waals surface area contributed by atoms with Crippen LogP contribution in [0.2, 0.25) is 0 Å². The van der Waals surface area contributed by atoms with Crippen LogP contribution in [0.15, 0.2) is 42.6 Å². The number of rotatable bonds is 6. The van der Waals surface area contributed by atoms with Gasteiger partial charge in [-0.3, -0.25) is 14.9 Å². The van der Waals surface area contributed by atoms with Crippen molar-refractivity contribution >= 4 is 29.2 Å². The summed E-state index contributed by atoms with van der Waals surface area (Å²) in [6, 6.07) is 12.5. The fourth-order valence-corrected chi connectivity index (χ4v) is 7.67. The first-order valence-electron chi connectivity index (χ1n) is 14.5. The maximum Gasteiger partial charge on any atom is 0.223 e. The van der Waals surface area contributed by atoms with Gasteiger partial charge in [0.2, 0.25) is 11.9 Å². The van der Waals surface area contributed by atoms with Crippen molar-refractivity contribution in [3.8, 4) is 11.5 Å². The monoisotopic (exact) mass is 591 g/mol. The molecule has 0 radical (unpaired) electrons. The van der Waals surface area contributed by atoms with Gasteiger partial charge >= 0.3 is 0 Å². The third-order valence-electron chi connectivity index (χ3n) is 9.59. The van der Waals surface area contributed by atoms with Gasteiger partial charge in [0.15, 0.2) is 5.78 Å². The number of H-pyrrole nitrogens is 1. The van der Waals surface area contributed by atoms with Crippen LogP contribution in [0.3, 0.4) is 0 Å². The molecule has 3 aromatic rings. The Hall–Kier alpha value is -3.32. The Morgan fingerprint density at radius 3 is 2.05 bits per heavy atom. The summed E-state index contributed by atoms with van der Waals surface area (Å²) in [4.78, 5) is 30.6. The summed E-state index contributed by atoms with van der Waals surface area (Å²) in [6.45, 7) is 11.9. The van der Waals surface area contributed by atoms with E-state index in [0.717, 1.165) is 43.2 Å². The Kier molecular flexibility index (Phi) is 7.94. The zero-order chi connectivity index (χ0) is 29.1. The number of carbonyl (C=O) groups is 2. The second-order valence-corrected chi connectivity index (χ2v) is 13.1. The molecule has 0 spiro atoms. The van der Waals surface area contributed by atoms with E-state index in [4.69, 9.17) is 21.1 Å². The first-order chi connectivity index (χ1) is 19.6. The van der Waals surface area contributed by atoms with Crippen LogP contribution in [-0.4, -0.2) is 40.8 Å². The largest absolute Gasteiger partial charge is 0.493 e. The molecule has 0 bridgehead atoms. The molecule has 4 aliphatic rings. The molecule has 2 saturated carbocycles. The molecule has 0 unspecified atom stereocenters. The molecule has 8 heteroatoms. The predicted octanol–water partition coefficient (Wildman–Crippen LogP) is 7.02. The van der Waals surface area contributed by atoms with E-state index < -0.39 is 0 Å². The highest BCUT2D eigenvalue weighted by molar-refractivity contribution is 6.28. The number of aromatic amines is 1. The van der Waals surface area contributed by atoms with Crippen molar-refractivity contribution in [2.75, 3.05) is 24.4 Å². The molecule has 2 aliphatic carbocycles. The third-order valence-corrected chi connectivity index (χ3v) is 9.85. The maximum absolute atomic E-state index is 11.9. The molecule has 42 heavy (non-hydrogen) atoms. The second kappa shape index (κ2) is 11.1. The van der Waals surface area contributed by atoms with Crippen LogP contribution < -0.4 is 14.8 Å². The van der Waals surface area contributed by atoms with E-state index in [0.29, 0.717) is 23.7 Å². The Morgan fingerprint density at radius 2 is 1.50 bits per heavy atom. The average molecular weight is 592 g/mol. The van der Waals surface area contributed by atoms with Crippen LogP contribution in [0.25, 0.3) is 0 Å². The lowest BCUT2D eigenvalue weighted by atomic mass is 9.96. The minimum absolute atomic E-state index is 0. The van der Waals surface area contributed by atoms with Gasteiger partial charge in [0.1, 0.15) is 11.5 Å². The molecule has 7 nitrogen and oxygen atoms in total.